The first-order valence-electron chi connectivity index (χ1n) is 9.68. The van der Waals surface area contributed by atoms with E-state index in [1.165, 1.54) is 12.3 Å². The summed E-state index contributed by atoms with van der Waals surface area (Å²) in [7, 11) is 0. The highest BCUT2D eigenvalue weighted by atomic mass is 19.1. The van der Waals surface area contributed by atoms with Gasteiger partial charge in [-0.1, -0.05) is 35.6 Å². The zero-order chi connectivity index (χ0) is 20.7. The Hall–Kier alpha value is -3.65. The number of rotatable bonds is 4. The van der Waals surface area contributed by atoms with E-state index in [2.05, 4.69) is 20.7 Å². The van der Waals surface area contributed by atoms with Crippen LogP contribution in [0.5, 0.6) is 0 Å². The number of aromatic amines is 1. The third kappa shape index (κ3) is 2.93. The van der Waals surface area contributed by atoms with E-state index in [0.717, 1.165) is 23.4 Å². The van der Waals surface area contributed by atoms with Crippen LogP contribution in [0, 0.1) is 5.82 Å². The summed E-state index contributed by atoms with van der Waals surface area (Å²) in [5, 5.41) is 13.6. The topological polar surface area (TPSA) is 91.0 Å². The Balaban J connectivity index is 1.59. The molecule has 0 saturated carbocycles. The van der Waals surface area contributed by atoms with Gasteiger partial charge in [0.1, 0.15) is 17.6 Å². The second-order valence-electron chi connectivity index (χ2n) is 7.25. The van der Waals surface area contributed by atoms with Crippen LogP contribution in [0.3, 0.4) is 0 Å². The van der Waals surface area contributed by atoms with Gasteiger partial charge in [-0.2, -0.15) is 0 Å². The molecular formula is C22H18FN5O2. The Bertz CT molecular complexity index is 1140. The van der Waals surface area contributed by atoms with Crippen molar-refractivity contribution in [1.82, 2.24) is 25.6 Å². The van der Waals surface area contributed by atoms with Crippen molar-refractivity contribution in [1.29, 1.82) is 0 Å². The van der Waals surface area contributed by atoms with Gasteiger partial charge in [-0.25, -0.2) is 4.39 Å². The van der Waals surface area contributed by atoms with Gasteiger partial charge in [0.05, 0.1) is 11.1 Å². The van der Waals surface area contributed by atoms with E-state index < -0.39 is 23.7 Å². The largest absolute Gasteiger partial charge is 0.313 e. The molecule has 1 unspecified atom stereocenters. The summed E-state index contributed by atoms with van der Waals surface area (Å²) in [6.07, 6.45) is 4.22. The van der Waals surface area contributed by atoms with Gasteiger partial charge in [0.2, 0.25) is 0 Å². The summed E-state index contributed by atoms with van der Waals surface area (Å²) in [6.45, 7) is 1.50. The van der Waals surface area contributed by atoms with E-state index >= 15 is 4.39 Å². The molecule has 8 heteroatoms. The number of hydrogen-bond donors (Lipinski definition) is 2. The van der Waals surface area contributed by atoms with Gasteiger partial charge < -0.3 is 5.32 Å². The maximum Gasteiger partial charge on any atom is 0.262 e. The molecule has 2 aliphatic rings. The second kappa shape index (κ2) is 7.31. The fourth-order valence-electron chi connectivity index (χ4n) is 4.07. The molecule has 0 saturated heterocycles. The lowest BCUT2D eigenvalue weighted by Gasteiger charge is -2.25. The van der Waals surface area contributed by atoms with Crippen molar-refractivity contribution >= 4 is 17.4 Å². The van der Waals surface area contributed by atoms with Crippen LogP contribution in [-0.2, 0) is 0 Å². The summed E-state index contributed by atoms with van der Waals surface area (Å²) in [6, 6.07) is 10.6. The molecule has 2 aromatic carbocycles. The quantitative estimate of drug-likeness (QED) is 0.654. The highest BCUT2D eigenvalue weighted by Crippen LogP contribution is 2.36. The standard InChI is InChI=1S/C22H18FN5O2/c23-18-11-14(5-6-15(18)13-7-9-24-10-8-13)20(19-12-25-27-26-19)28-21(29)16-3-1-2-4-17(16)22(28)30/h1-7,11-12,20,24H,8-10H2,(H,25,26,27). The lowest BCUT2D eigenvalue weighted by Crippen LogP contribution is -2.35. The van der Waals surface area contributed by atoms with Crippen molar-refractivity contribution < 1.29 is 14.0 Å². The SMILES string of the molecule is O=C1c2ccccc2C(=O)N1C(c1ccc(C2=CCNCC2)c(F)c1)c1c[nH]nn1. The highest BCUT2D eigenvalue weighted by molar-refractivity contribution is 6.21. The number of nitrogens with one attached hydrogen (secondary N) is 2. The minimum Gasteiger partial charge on any atom is -0.313 e. The third-order valence-corrected chi connectivity index (χ3v) is 5.52. The first-order valence-corrected chi connectivity index (χ1v) is 9.68. The number of carbonyl (C=O) groups excluding carboxylic acids is 2. The molecule has 7 nitrogen and oxygen atoms in total. The second-order valence-corrected chi connectivity index (χ2v) is 7.25. The van der Waals surface area contributed by atoms with Gasteiger partial charge in [0.25, 0.3) is 11.8 Å². The monoisotopic (exact) mass is 403 g/mol. The summed E-state index contributed by atoms with van der Waals surface area (Å²) in [5.41, 5.74) is 2.94. The van der Waals surface area contributed by atoms with E-state index in [9.17, 15) is 9.59 Å². The molecule has 0 aliphatic carbocycles. The van der Waals surface area contributed by atoms with E-state index in [-0.39, 0.29) is 0 Å². The molecule has 0 fully saturated rings. The number of benzene rings is 2. The summed E-state index contributed by atoms with van der Waals surface area (Å²) in [4.78, 5) is 27.2. The van der Waals surface area contributed by atoms with Crippen LogP contribution in [0.1, 0.15) is 50.0 Å². The molecule has 2 amide bonds. The van der Waals surface area contributed by atoms with Crippen LogP contribution in [-0.4, -0.2) is 45.2 Å². The number of hydrogen-bond acceptors (Lipinski definition) is 5. The van der Waals surface area contributed by atoms with Gasteiger partial charge in [-0.3, -0.25) is 19.6 Å². The van der Waals surface area contributed by atoms with E-state index in [1.807, 2.05) is 6.08 Å². The number of nitrogens with zero attached hydrogens (tertiary/aromatic N) is 3. The fourth-order valence-corrected chi connectivity index (χ4v) is 4.07. The summed E-state index contributed by atoms with van der Waals surface area (Å²) in [5.74, 6) is -1.27. The molecule has 3 aromatic rings. The smallest absolute Gasteiger partial charge is 0.262 e. The minimum atomic E-state index is -0.887. The zero-order valence-electron chi connectivity index (χ0n) is 15.9. The number of aromatic nitrogens is 3. The van der Waals surface area contributed by atoms with Crippen molar-refractivity contribution in [3.63, 3.8) is 0 Å². The Morgan fingerprint density at radius 3 is 2.40 bits per heavy atom. The number of halogens is 1. The maximum absolute atomic E-state index is 15.1. The van der Waals surface area contributed by atoms with Crippen LogP contribution in [0.4, 0.5) is 4.39 Å². The van der Waals surface area contributed by atoms with Gasteiger partial charge in [-0.15, -0.1) is 5.10 Å². The molecule has 2 N–H and O–H groups in total. The number of imide groups is 1. The Kier molecular flexibility index (Phi) is 4.48. The van der Waals surface area contributed by atoms with Crippen molar-refractivity contribution in [2.24, 2.45) is 0 Å². The average molecular weight is 403 g/mol. The van der Waals surface area contributed by atoms with E-state index in [1.54, 1.807) is 36.4 Å². The Morgan fingerprint density at radius 2 is 1.80 bits per heavy atom. The molecule has 1 atom stereocenters. The summed E-state index contributed by atoms with van der Waals surface area (Å²) < 4.78 is 15.1. The van der Waals surface area contributed by atoms with Crippen molar-refractivity contribution in [2.75, 3.05) is 13.1 Å². The molecule has 2 aliphatic heterocycles. The molecule has 0 spiro atoms. The number of H-pyrrole nitrogens is 1. The van der Waals surface area contributed by atoms with Crippen LogP contribution < -0.4 is 5.32 Å². The molecule has 30 heavy (non-hydrogen) atoms. The molecule has 5 rings (SSSR count). The molecule has 1 aromatic heterocycles. The van der Waals surface area contributed by atoms with Crippen molar-refractivity contribution in [2.45, 2.75) is 12.5 Å². The minimum absolute atomic E-state index is 0.327. The number of fused-ring (bicyclic) bond motifs is 1. The zero-order valence-corrected chi connectivity index (χ0v) is 15.9. The van der Waals surface area contributed by atoms with Crippen molar-refractivity contribution in [3.05, 3.63) is 88.5 Å². The van der Waals surface area contributed by atoms with Gasteiger partial charge >= 0.3 is 0 Å². The molecule has 0 bridgehead atoms. The third-order valence-electron chi connectivity index (χ3n) is 5.52. The predicted molar refractivity (Wildman–Crippen MR) is 107 cm³/mol. The number of carbonyl (C=O) groups is 2. The average Bonchev–Trinajstić information content (AvgIpc) is 3.39. The Labute approximate surface area is 171 Å². The summed E-state index contributed by atoms with van der Waals surface area (Å²) >= 11 is 0. The predicted octanol–water partition coefficient (Wildman–Crippen LogP) is 2.71. The number of amides is 2. The maximum atomic E-state index is 15.1. The van der Waals surface area contributed by atoms with Gasteiger partial charge in [0.15, 0.2) is 0 Å². The fraction of sp³-hybridized carbons (Fsp3) is 0.182. The van der Waals surface area contributed by atoms with E-state index in [0.29, 0.717) is 34.5 Å². The lowest BCUT2D eigenvalue weighted by atomic mass is 9.95. The lowest BCUT2D eigenvalue weighted by molar-refractivity contribution is 0.0605. The van der Waals surface area contributed by atoms with Crippen LogP contribution >= 0.6 is 0 Å². The van der Waals surface area contributed by atoms with Crippen LogP contribution in [0.15, 0.2) is 54.7 Å². The Morgan fingerprint density at radius 1 is 1.03 bits per heavy atom. The molecule has 3 heterocycles. The highest BCUT2D eigenvalue weighted by Gasteiger charge is 2.42. The molecule has 0 radical (unpaired) electrons. The van der Waals surface area contributed by atoms with Crippen LogP contribution in [0.2, 0.25) is 0 Å². The molecular weight excluding hydrogens is 385 g/mol. The molecule has 150 valence electrons. The normalized spacial score (nSPS) is 17.1. The first-order chi connectivity index (χ1) is 14.6. The van der Waals surface area contributed by atoms with Gasteiger partial charge in [-0.05, 0) is 42.3 Å². The van der Waals surface area contributed by atoms with Gasteiger partial charge in [0, 0.05) is 18.3 Å². The van der Waals surface area contributed by atoms with Crippen molar-refractivity contribution in [3.8, 4) is 0 Å². The van der Waals surface area contributed by atoms with Crippen LogP contribution in [0.25, 0.3) is 5.57 Å². The first kappa shape index (κ1) is 18.4. The van der Waals surface area contributed by atoms with E-state index in [4.69, 9.17) is 0 Å².